The van der Waals surface area contributed by atoms with E-state index < -0.39 is 0 Å². The van der Waals surface area contributed by atoms with Gasteiger partial charge in [-0.25, -0.2) is 0 Å². The van der Waals surface area contributed by atoms with Gasteiger partial charge in [-0.05, 0) is 24.3 Å². The third-order valence-electron chi connectivity index (χ3n) is 4.30. The Hall–Kier alpha value is -2.64. The molecule has 5 rings (SSSR count). The van der Waals surface area contributed by atoms with Crippen molar-refractivity contribution in [1.82, 2.24) is 25.1 Å². The van der Waals surface area contributed by atoms with Gasteiger partial charge in [0.15, 0.2) is 0 Å². The van der Waals surface area contributed by atoms with Gasteiger partial charge >= 0.3 is 0 Å². The van der Waals surface area contributed by atoms with Gasteiger partial charge in [0.05, 0.1) is 27.5 Å². The molecular formula is C17H12ClN5OS. The van der Waals surface area contributed by atoms with Crippen molar-refractivity contribution in [1.29, 1.82) is 0 Å². The first kappa shape index (κ1) is 14.7. The second-order valence-electron chi connectivity index (χ2n) is 5.75. The fourth-order valence-electron chi connectivity index (χ4n) is 3.24. The molecule has 4 aromatic rings. The summed E-state index contributed by atoms with van der Waals surface area (Å²) in [5.74, 6) is -0.110. The molecule has 0 fully saturated rings. The minimum Gasteiger partial charge on any atom is -0.359 e. The van der Waals surface area contributed by atoms with Crippen LogP contribution in [0, 0.1) is 0 Å². The number of carbonyl (C=O) groups excluding carboxylic acids is 1. The molecule has 0 radical (unpaired) electrons. The van der Waals surface area contributed by atoms with E-state index in [0.29, 0.717) is 23.1 Å². The van der Waals surface area contributed by atoms with E-state index in [4.69, 9.17) is 16.7 Å². The molecule has 1 amide bonds. The molecule has 6 nitrogen and oxygen atoms in total. The van der Waals surface area contributed by atoms with Gasteiger partial charge in [-0.3, -0.25) is 14.5 Å². The maximum absolute atomic E-state index is 12.5. The summed E-state index contributed by atoms with van der Waals surface area (Å²) >= 11 is 7.59. The van der Waals surface area contributed by atoms with Crippen molar-refractivity contribution in [3.63, 3.8) is 0 Å². The molecule has 8 heteroatoms. The number of pyridine rings is 1. The molecule has 2 N–H and O–H groups in total. The Morgan fingerprint density at radius 2 is 2.16 bits per heavy atom. The maximum Gasteiger partial charge on any atom is 0.270 e. The molecule has 0 saturated carbocycles. The van der Waals surface area contributed by atoms with Crippen LogP contribution in [0.2, 0.25) is 4.34 Å². The first-order valence-electron chi connectivity index (χ1n) is 7.79. The van der Waals surface area contributed by atoms with E-state index in [2.05, 4.69) is 15.3 Å². The highest BCUT2D eigenvalue weighted by molar-refractivity contribution is 7.19. The van der Waals surface area contributed by atoms with E-state index in [9.17, 15) is 4.79 Å². The summed E-state index contributed by atoms with van der Waals surface area (Å²) in [7, 11) is 0. The second-order valence-corrected chi connectivity index (χ2v) is 7.47. The first-order valence-corrected chi connectivity index (χ1v) is 8.99. The number of H-pyrrole nitrogens is 1. The van der Waals surface area contributed by atoms with Crippen LogP contribution in [0.25, 0.3) is 32.7 Å². The number of carbonyl (C=O) groups is 1. The van der Waals surface area contributed by atoms with Crippen molar-refractivity contribution in [3.05, 3.63) is 46.7 Å². The quantitative estimate of drug-likeness (QED) is 0.567. The second kappa shape index (κ2) is 5.44. The highest BCUT2D eigenvalue weighted by Crippen LogP contribution is 2.41. The summed E-state index contributed by atoms with van der Waals surface area (Å²) in [5, 5.41) is 7.66. The van der Waals surface area contributed by atoms with Crippen LogP contribution in [0.15, 0.2) is 36.7 Å². The van der Waals surface area contributed by atoms with Crippen LogP contribution in [0.3, 0.4) is 0 Å². The lowest BCUT2D eigenvalue weighted by Gasteiger charge is -2.14. The van der Waals surface area contributed by atoms with Gasteiger partial charge < -0.3 is 10.3 Å². The van der Waals surface area contributed by atoms with Crippen molar-refractivity contribution in [2.75, 3.05) is 6.54 Å². The Kier molecular flexibility index (Phi) is 3.19. The first-order chi connectivity index (χ1) is 12.2. The van der Waals surface area contributed by atoms with Crippen molar-refractivity contribution >= 4 is 39.9 Å². The van der Waals surface area contributed by atoms with Crippen LogP contribution in [0.1, 0.15) is 10.5 Å². The molecule has 124 valence electrons. The summed E-state index contributed by atoms with van der Waals surface area (Å²) < 4.78 is 2.46. The Morgan fingerprint density at radius 1 is 1.24 bits per heavy atom. The minimum atomic E-state index is -0.110. The zero-order valence-corrected chi connectivity index (χ0v) is 14.5. The van der Waals surface area contributed by atoms with Crippen LogP contribution in [0.5, 0.6) is 0 Å². The molecule has 0 bridgehead atoms. The maximum atomic E-state index is 12.5. The molecule has 0 aliphatic carbocycles. The smallest absolute Gasteiger partial charge is 0.270 e. The third-order valence-corrected chi connectivity index (χ3v) is 5.55. The normalized spacial score (nSPS) is 13.9. The summed E-state index contributed by atoms with van der Waals surface area (Å²) in [6.45, 7) is 1.22. The molecular weight excluding hydrogens is 358 g/mol. The van der Waals surface area contributed by atoms with Gasteiger partial charge in [-0.1, -0.05) is 11.6 Å². The summed E-state index contributed by atoms with van der Waals surface area (Å²) in [5.41, 5.74) is 4.85. The molecule has 0 spiro atoms. The molecule has 0 atom stereocenters. The molecule has 0 unspecified atom stereocenters. The number of nitrogens with one attached hydrogen (secondary N) is 2. The summed E-state index contributed by atoms with van der Waals surface area (Å²) in [6.07, 6.45) is 3.61. The number of amides is 1. The molecule has 1 aliphatic heterocycles. The lowest BCUT2D eigenvalue weighted by atomic mass is 10.0. The molecule has 4 aromatic heterocycles. The molecule has 0 saturated heterocycles. The number of thiophene rings is 1. The van der Waals surface area contributed by atoms with Crippen molar-refractivity contribution in [2.45, 2.75) is 6.54 Å². The SMILES string of the molecule is O=C1NCCn2nc(-c3ccnc4cc[nH]c34)c(-c3ccc(Cl)s3)c21. The highest BCUT2D eigenvalue weighted by Gasteiger charge is 2.29. The fraction of sp³-hybridized carbons (Fsp3) is 0.118. The number of hydrogen-bond donors (Lipinski definition) is 2. The standard InChI is InChI=1S/C17H12ClN5OS/c18-12-2-1-11(25-12)13-15(22-23-8-7-21-17(24)16(13)23)9-3-5-19-10-4-6-20-14(9)10/h1-6,20H,7-8H2,(H,21,24). The Balaban J connectivity index is 1.86. The average Bonchev–Trinajstić information content (AvgIpc) is 3.31. The highest BCUT2D eigenvalue weighted by atomic mass is 35.5. The third kappa shape index (κ3) is 2.20. The van der Waals surface area contributed by atoms with Crippen LogP contribution in [-0.2, 0) is 6.54 Å². The fourth-order valence-corrected chi connectivity index (χ4v) is 4.33. The van der Waals surface area contributed by atoms with E-state index >= 15 is 0 Å². The van der Waals surface area contributed by atoms with Gasteiger partial charge in [-0.2, -0.15) is 5.10 Å². The number of hydrogen-bond acceptors (Lipinski definition) is 4. The van der Waals surface area contributed by atoms with E-state index in [-0.39, 0.29) is 5.91 Å². The lowest BCUT2D eigenvalue weighted by molar-refractivity contribution is 0.0925. The largest absolute Gasteiger partial charge is 0.359 e. The van der Waals surface area contributed by atoms with Crippen molar-refractivity contribution < 1.29 is 4.79 Å². The Bertz CT molecular complexity index is 1130. The predicted molar refractivity (Wildman–Crippen MR) is 98.0 cm³/mol. The Morgan fingerprint density at radius 3 is 3.00 bits per heavy atom. The number of halogens is 1. The van der Waals surface area contributed by atoms with E-state index in [1.807, 2.05) is 30.5 Å². The Labute approximate surface area is 151 Å². The zero-order chi connectivity index (χ0) is 17.0. The van der Waals surface area contributed by atoms with Gasteiger partial charge in [0, 0.05) is 29.4 Å². The number of rotatable bonds is 2. The topological polar surface area (TPSA) is 75.6 Å². The summed E-state index contributed by atoms with van der Waals surface area (Å²) in [4.78, 5) is 21.0. The van der Waals surface area contributed by atoms with Crippen LogP contribution >= 0.6 is 22.9 Å². The molecule has 0 aromatic carbocycles. The van der Waals surface area contributed by atoms with Crippen LogP contribution < -0.4 is 5.32 Å². The number of aromatic nitrogens is 4. The van der Waals surface area contributed by atoms with Gasteiger partial charge in [0.1, 0.15) is 11.4 Å². The van der Waals surface area contributed by atoms with Gasteiger partial charge in [-0.15, -0.1) is 11.3 Å². The monoisotopic (exact) mass is 369 g/mol. The van der Waals surface area contributed by atoms with Gasteiger partial charge in [0.25, 0.3) is 5.91 Å². The zero-order valence-electron chi connectivity index (χ0n) is 12.9. The lowest BCUT2D eigenvalue weighted by Crippen LogP contribution is -2.35. The van der Waals surface area contributed by atoms with Crippen LogP contribution in [0.4, 0.5) is 0 Å². The number of nitrogens with zero attached hydrogens (tertiary/aromatic N) is 3. The molecule has 25 heavy (non-hydrogen) atoms. The van der Waals surface area contributed by atoms with Gasteiger partial charge in [0.2, 0.25) is 0 Å². The number of aromatic amines is 1. The predicted octanol–water partition coefficient (Wildman–Crippen LogP) is 3.55. The number of fused-ring (bicyclic) bond motifs is 2. The molecule has 5 heterocycles. The molecule has 1 aliphatic rings. The minimum absolute atomic E-state index is 0.110. The van der Waals surface area contributed by atoms with Crippen LogP contribution in [-0.4, -0.2) is 32.2 Å². The van der Waals surface area contributed by atoms with E-state index in [0.717, 1.165) is 32.7 Å². The summed E-state index contributed by atoms with van der Waals surface area (Å²) in [6, 6.07) is 7.61. The van der Waals surface area contributed by atoms with E-state index in [1.165, 1.54) is 11.3 Å². The average molecular weight is 370 g/mol. The van der Waals surface area contributed by atoms with Crippen molar-refractivity contribution in [3.8, 4) is 21.7 Å². The van der Waals surface area contributed by atoms with Crippen molar-refractivity contribution in [2.24, 2.45) is 0 Å². The van der Waals surface area contributed by atoms with E-state index in [1.54, 1.807) is 10.9 Å².